The zero-order chi connectivity index (χ0) is 14.9. The summed E-state index contributed by atoms with van der Waals surface area (Å²) in [6, 6.07) is 13.3. The molecule has 2 aromatic carbocycles. The van der Waals surface area contributed by atoms with Gasteiger partial charge in [0.05, 0.1) is 6.61 Å². The van der Waals surface area contributed by atoms with Crippen LogP contribution >= 0.6 is 0 Å². The Balaban J connectivity index is 1.56. The Morgan fingerprint density at radius 3 is 2.33 bits per heavy atom. The third kappa shape index (κ3) is 5.92. The molecular weight excluding hydrogens is 272 g/mol. The molecule has 4 heteroatoms. The summed E-state index contributed by atoms with van der Waals surface area (Å²) < 4.78 is 31.5. The lowest BCUT2D eigenvalue weighted by molar-refractivity contribution is 0.308. The second kappa shape index (κ2) is 8.37. The number of rotatable bonds is 8. The highest BCUT2D eigenvalue weighted by Crippen LogP contribution is 2.09. The van der Waals surface area contributed by atoms with E-state index >= 15 is 0 Å². The summed E-state index contributed by atoms with van der Waals surface area (Å²) in [6.45, 7) is 2.14. The summed E-state index contributed by atoms with van der Waals surface area (Å²) in [6.07, 6.45) is 1.49. The molecule has 2 nitrogen and oxygen atoms in total. The molecule has 112 valence electrons. The van der Waals surface area contributed by atoms with Crippen LogP contribution in [0.3, 0.4) is 0 Å². The molecule has 0 heterocycles. The predicted molar refractivity (Wildman–Crippen MR) is 79.5 cm³/mol. The van der Waals surface area contributed by atoms with Gasteiger partial charge in [-0.1, -0.05) is 18.2 Å². The van der Waals surface area contributed by atoms with Gasteiger partial charge in [-0.25, -0.2) is 8.78 Å². The molecule has 2 rings (SSSR count). The highest BCUT2D eigenvalue weighted by atomic mass is 19.1. The molecule has 0 aliphatic carbocycles. The molecule has 0 saturated carbocycles. The van der Waals surface area contributed by atoms with E-state index in [9.17, 15) is 8.78 Å². The lowest BCUT2D eigenvalue weighted by Crippen LogP contribution is -2.20. The van der Waals surface area contributed by atoms with Crippen LogP contribution in [-0.2, 0) is 6.42 Å². The fourth-order valence-electron chi connectivity index (χ4n) is 2.02. The number of benzene rings is 2. The third-order valence-electron chi connectivity index (χ3n) is 3.02. The Kier molecular flexibility index (Phi) is 6.16. The Labute approximate surface area is 123 Å². The first kappa shape index (κ1) is 15.4. The van der Waals surface area contributed by atoms with Crippen molar-refractivity contribution in [1.29, 1.82) is 0 Å². The van der Waals surface area contributed by atoms with Gasteiger partial charge in [-0.05, 0) is 55.8 Å². The van der Waals surface area contributed by atoms with Gasteiger partial charge < -0.3 is 10.1 Å². The van der Waals surface area contributed by atoms with Gasteiger partial charge in [-0.3, -0.25) is 0 Å². The number of hydrogen-bond acceptors (Lipinski definition) is 2. The molecule has 2 aromatic rings. The first-order valence-electron chi connectivity index (χ1n) is 7.07. The number of nitrogens with one attached hydrogen (secondary N) is 1. The summed E-state index contributed by atoms with van der Waals surface area (Å²) in [5.74, 6) is -0.185. The van der Waals surface area contributed by atoms with Crippen molar-refractivity contribution in [1.82, 2.24) is 5.32 Å². The second-order valence-corrected chi connectivity index (χ2v) is 4.79. The molecule has 0 amide bonds. The van der Waals surface area contributed by atoms with Gasteiger partial charge in [0.1, 0.15) is 17.4 Å². The molecule has 0 saturated heterocycles. The van der Waals surface area contributed by atoms with Gasteiger partial charge in [-0.2, -0.15) is 0 Å². The van der Waals surface area contributed by atoms with Crippen molar-refractivity contribution >= 4 is 0 Å². The van der Waals surface area contributed by atoms with E-state index in [1.807, 2.05) is 30.3 Å². The summed E-state index contributed by atoms with van der Waals surface area (Å²) in [5, 5.41) is 3.23. The highest BCUT2D eigenvalue weighted by molar-refractivity contribution is 5.20. The smallest absolute Gasteiger partial charge is 0.126 e. The van der Waals surface area contributed by atoms with Crippen molar-refractivity contribution in [2.75, 3.05) is 19.7 Å². The largest absolute Gasteiger partial charge is 0.494 e. The molecule has 0 aromatic heterocycles. The normalized spacial score (nSPS) is 10.6. The minimum absolute atomic E-state index is 0.527. The number of hydrogen-bond donors (Lipinski definition) is 1. The van der Waals surface area contributed by atoms with Crippen LogP contribution < -0.4 is 10.1 Å². The van der Waals surface area contributed by atoms with Crippen molar-refractivity contribution in [3.63, 3.8) is 0 Å². The average Bonchev–Trinajstić information content (AvgIpc) is 2.46. The average molecular weight is 291 g/mol. The van der Waals surface area contributed by atoms with E-state index in [4.69, 9.17) is 4.74 Å². The van der Waals surface area contributed by atoms with E-state index in [0.717, 1.165) is 24.8 Å². The quantitative estimate of drug-likeness (QED) is 0.751. The Bertz CT molecular complexity index is 525. The molecule has 0 bridgehead atoms. The summed E-state index contributed by atoms with van der Waals surface area (Å²) >= 11 is 0. The summed E-state index contributed by atoms with van der Waals surface area (Å²) in [5.41, 5.74) is 0.667. The molecule has 0 unspecified atom stereocenters. The van der Waals surface area contributed by atoms with Gasteiger partial charge in [0.2, 0.25) is 0 Å². The zero-order valence-electron chi connectivity index (χ0n) is 11.8. The Hall–Kier alpha value is -1.94. The molecule has 1 N–H and O–H groups in total. The van der Waals surface area contributed by atoms with Crippen molar-refractivity contribution in [3.8, 4) is 5.75 Å². The molecule has 0 fully saturated rings. The molecule has 21 heavy (non-hydrogen) atoms. The van der Waals surface area contributed by atoms with Gasteiger partial charge in [0.15, 0.2) is 0 Å². The lowest BCUT2D eigenvalue weighted by Gasteiger charge is -2.07. The first-order chi connectivity index (χ1) is 10.2. The van der Waals surface area contributed by atoms with Gasteiger partial charge in [0.25, 0.3) is 0 Å². The third-order valence-corrected chi connectivity index (χ3v) is 3.02. The fraction of sp³-hybridized carbons (Fsp3) is 0.294. The zero-order valence-corrected chi connectivity index (χ0v) is 11.8. The summed E-state index contributed by atoms with van der Waals surface area (Å²) in [7, 11) is 0. The van der Waals surface area contributed by atoms with E-state index in [2.05, 4.69) is 5.32 Å². The van der Waals surface area contributed by atoms with Crippen molar-refractivity contribution in [2.45, 2.75) is 12.8 Å². The Morgan fingerprint density at radius 2 is 1.62 bits per heavy atom. The van der Waals surface area contributed by atoms with Crippen LogP contribution in [0.25, 0.3) is 0 Å². The molecule has 0 aliphatic rings. The van der Waals surface area contributed by atoms with Gasteiger partial charge in [-0.15, -0.1) is 0 Å². The SMILES string of the molecule is Fc1cc(F)cc(CCNCCCOc2ccccc2)c1. The minimum atomic E-state index is -0.527. The van der Waals surface area contributed by atoms with Crippen LogP contribution in [0.1, 0.15) is 12.0 Å². The van der Waals surface area contributed by atoms with Crippen LogP contribution in [0.15, 0.2) is 48.5 Å². The van der Waals surface area contributed by atoms with E-state index in [1.54, 1.807) is 0 Å². The fourth-order valence-corrected chi connectivity index (χ4v) is 2.02. The standard InChI is InChI=1S/C17H19F2NO/c18-15-11-14(12-16(19)13-15)7-9-20-8-4-10-21-17-5-2-1-3-6-17/h1-3,5-6,11-13,20H,4,7-10H2. The second-order valence-electron chi connectivity index (χ2n) is 4.79. The van der Waals surface area contributed by atoms with Crippen LogP contribution in [-0.4, -0.2) is 19.7 Å². The van der Waals surface area contributed by atoms with E-state index in [-0.39, 0.29) is 0 Å². The summed E-state index contributed by atoms with van der Waals surface area (Å²) in [4.78, 5) is 0. The van der Waals surface area contributed by atoms with Crippen LogP contribution in [0, 0.1) is 11.6 Å². The van der Waals surface area contributed by atoms with Gasteiger partial charge in [0, 0.05) is 6.07 Å². The topological polar surface area (TPSA) is 21.3 Å². The van der Waals surface area contributed by atoms with E-state index < -0.39 is 11.6 Å². The van der Waals surface area contributed by atoms with Crippen molar-refractivity contribution in [2.24, 2.45) is 0 Å². The van der Waals surface area contributed by atoms with Gasteiger partial charge >= 0.3 is 0 Å². The maximum atomic E-state index is 13.0. The minimum Gasteiger partial charge on any atom is -0.494 e. The molecular formula is C17H19F2NO. The molecule has 0 atom stereocenters. The van der Waals surface area contributed by atoms with E-state index in [1.165, 1.54) is 12.1 Å². The number of halogens is 2. The monoisotopic (exact) mass is 291 g/mol. The predicted octanol–water partition coefficient (Wildman–Crippen LogP) is 3.57. The first-order valence-corrected chi connectivity index (χ1v) is 7.07. The molecule has 0 spiro atoms. The van der Waals surface area contributed by atoms with Crippen LogP contribution in [0.2, 0.25) is 0 Å². The van der Waals surface area contributed by atoms with Crippen LogP contribution in [0.5, 0.6) is 5.75 Å². The van der Waals surface area contributed by atoms with Crippen LogP contribution in [0.4, 0.5) is 8.78 Å². The maximum Gasteiger partial charge on any atom is 0.126 e. The van der Waals surface area contributed by atoms with Crippen molar-refractivity contribution in [3.05, 3.63) is 65.7 Å². The highest BCUT2D eigenvalue weighted by Gasteiger charge is 2.00. The lowest BCUT2D eigenvalue weighted by atomic mass is 10.1. The van der Waals surface area contributed by atoms with E-state index in [0.29, 0.717) is 25.1 Å². The number of para-hydroxylation sites is 1. The molecule has 0 aliphatic heterocycles. The van der Waals surface area contributed by atoms with Crippen molar-refractivity contribution < 1.29 is 13.5 Å². The number of ether oxygens (including phenoxy) is 1. The Morgan fingerprint density at radius 1 is 0.905 bits per heavy atom. The molecule has 0 radical (unpaired) electrons. The maximum absolute atomic E-state index is 13.0.